The topological polar surface area (TPSA) is 12.4 Å². The monoisotopic (exact) mass is 339 g/mol. The third-order valence-electron chi connectivity index (χ3n) is 3.63. The Morgan fingerprint density at radius 1 is 1.09 bits per heavy atom. The molecule has 1 heterocycles. The minimum atomic E-state index is 0.857. The van der Waals surface area contributed by atoms with E-state index in [4.69, 9.17) is 0 Å². The van der Waals surface area contributed by atoms with E-state index in [1.54, 1.807) is 0 Å². The van der Waals surface area contributed by atoms with Crippen molar-refractivity contribution in [3.05, 3.63) is 51.2 Å². The summed E-state index contributed by atoms with van der Waals surface area (Å²) >= 11 is 6.46. The Balaban J connectivity index is 2.00. The Hall–Kier alpha value is -1.72. The highest BCUT2D eigenvalue weighted by atomic mass is 32.1. The number of isothiocyanates is 1. The van der Waals surface area contributed by atoms with Crippen LogP contribution in [0.2, 0.25) is 0 Å². The van der Waals surface area contributed by atoms with Crippen molar-refractivity contribution >= 4 is 34.4 Å². The highest BCUT2D eigenvalue weighted by molar-refractivity contribution is 7.78. The van der Waals surface area contributed by atoms with Gasteiger partial charge in [-0.3, -0.25) is 0 Å². The molecule has 2 aromatic rings. The van der Waals surface area contributed by atoms with Crippen LogP contribution in [0.3, 0.4) is 0 Å². The first-order valence-corrected chi connectivity index (χ1v) is 9.24. The summed E-state index contributed by atoms with van der Waals surface area (Å²) in [4.78, 5) is 6.60. The Kier molecular flexibility index (Phi) is 7.23. The van der Waals surface area contributed by atoms with Gasteiger partial charge in [0.15, 0.2) is 0 Å². The van der Waals surface area contributed by atoms with Crippen LogP contribution in [0.4, 0.5) is 5.69 Å². The molecule has 0 aliphatic rings. The zero-order valence-corrected chi connectivity index (χ0v) is 15.3. The van der Waals surface area contributed by atoms with E-state index in [2.05, 4.69) is 53.3 Å². The van der Waals surface area contributed by atoms with Crippen LogP contribution >= 0.6 is 23.6 Å². The van der Waals surface area contributed by atoms with E-state index in [-0.39, 0.29) is 0 Å². The molecule has 0 atom stereocenters. The lowest BCUT2D eigenvalue weighted by molar-refractivity contribution is 0.670. The quantitative estimate of drug-likeness (QED) is 0.260. The molecule has 0 aliphatic heterocycles. The molecular weight excluding hydrogens is 318 g/mol. The van der Waals surface area contributed by atoms with Gasteiger partial charge in [-0.2, -0.15) is 4.99 Å². The zero-order chi connectivity index (χ0) is 16.5. The summed E-state index contributed by atoms with van der Waals surface area (Å²) < 4.78 is 0. The van der Waals surface area contributed by atoms with Gasteiger partial charge in [-0.1, -0.05) is 38.0 Å². The van der Waals surface area contributed by atoms with Crippen LogP contribution in [0.1, 0.15) is 53.5 Å². The molecular formula is C20H21NS2. The van der Waals surface area contributed by atoms with Crippen molar-refractivity contribution in [3.63, 3.8) is 0 Å². The van der Waals surface area contributed by atoms with Crippen molar-refractivity contribution in [1.82, 2.24) is 0 Å². The van der Waals surface area contributed by atoms with Gasteiger partial charge in [0, 0.05) is 10.4 Å². The molecule has 1 aromatic heterocycles. The molecule has 2 rings (SSSR count). The van der Waals surface area contributed by atoms with Crippen molar-refractivity contribution in [2.45, 2.75) is 46.0 Å². The molecule has 1 nitrogen and oxygen atoms in total. The fourth-order valence-electron chi connectivity index (χ4n) is 2.35. The number of hydrogen-bond acceptors (Lipinski definition) is 3. The first-order valence-electron chi connectivity index (χ1n) is 8.02. The maximum atomic E-state index is 4.65. The highest BCUT2D eigenvalue weighted by Gasteiger charge is 1.99. The lowest BCUT2D eigenvalue weighted by Crippen LogP contribution is -1.80. The minimum absolute atomic E-state index is 0.857. The van der Waals surface area contributed by atoms with Gasteiger partial charge >= 0.3 is 0 Å². The number of unbranched alkanes of at least 4 members (excludes halogenated alkanes) is 3. The molecule has 3 heteroatoms. The van der Waals surface area contributed by atoms with Crippen molar-refractivity contribution in [2.24, 2.45) is 4.99 Å². The van der Waals surface area contributed by atoms with Crippen LogP contribution in [0.5, 0.6) is 0 Å². The van der Waals surface area contributed by atoms with Gasteiger partial charge in [0.1, 0.15) is 0 Å². The predicted molar refractivity (Wildman–Crippen MR) is 104 cm³/mol. The highest BCUT2D eigenvalue weighted by Crippen LogP contribution is 2.20. The van der Waals surface area contributed by atoms with Gasteiger partial charge < -0.3 is 0 Å². The Morgan fingerprint density at radius 3 is 2.70 bits per heavy atom. The van der Waals surface area contributed by atoms with Crippen LogP contribution < -0.4 is 0 Å². The molecule has 0 saturated carbocycles. The van der Waals surface area contributed by atoms with Crippen molar-refractivity contribution in [3.8, 4) is 11.8 Å². The average molecular weight is 340 g/mol. The van der Waals surface area contributed by atoms with Gasteiger partial charge in [0.25, 0.3) is 0 Å². The van der Waals surface area contributed by atoms with E-state index >= 15 is 0 Å². The summed E-state index contributed by atoms with van der Waals surface area (Å²) in [5, 5.41) is 2.40. The molecule has 0 spiro atoms. The molecule has 0 radical (unpaired) electrons. The number of nitrogens with zero attached hydrogens (tertiary/aromatic N) is 1. The Labute approximate surface area is 148 Å². The smallest absolute Gasteiger partial charge is 0.0775 e. The molecule has 0 fully saturated rings. The number of thiocarbonyl (C=S) groups is 1. The number of thiophene rings is 1. The molecule has 0 saturated heterocycles. The number of hydrogen-bond donors (Lipinski definition) is 0. The Morgan fingerprint density at radius 2 is 1.96 bits per heavy atom. The Bertz CT molecular complexity index is 755. The fourth-order valence-corrected chi connectivity index (χ4v) is 3.35. The molecule has 0 amide bonds. The third kappa shape index (κ3) is 5.77. The molecule has 0 bridgehead atoms. The molecule has 118 valence electrons. The average Bonchev–Trinajstić information content (AvgIpc) is 3.00. The van der Waals surface area contributed by atoms with Gasteiger partial charge in [-0.05, 0) is 67.9 Å². The second-order valence-electron chi connectivity index (χ2n) is 5.53. The number of aliphatic imine (C=N–C) groups is 1. The van der Waals surface area contributed by atoms with Gasteiger partial charge in [-0.15, -0.1) is 11.3 Å². The van der Waals surface area contributed by atoms with E-state index in [1.165, 1.54) is 37.0 Å². The first-order chi connectivity index (χ1) is 11.2. The van der Waals surface area contributed by atoms with E-state index in [0.29, 0.717) is 0 Å². The second-order valence-corrected chi connectivity index (χ2v) is 6.88. The molecule has 0 aliphatic carbocycles. The van der Waals surface area contributed by atoms with Crippen molar-refractivity contribution in [2.75, 3.05) is 0 Å². The SMILES string of the molecule is CCCCCCc1ccc(C#Cc2ccc(N=C=S)c(C)c2)s1. The van der Waals surface area contributed by atoms with Crippen LogP contribution in [-0.4, -0.2) is 5.16 Å². The summed E-state index contributed by atoms with van der Waals surface area (Å²) in [6.07, 6.45) is 6.40. The summed E-state index contributed by atoms with van der Waals surface area (Å²) in [6, 6.07) is 10.3. The molecule has 1 aromatic carbocycles. The molecule has 23 heavy (non-hydrogen) atoms. The normalized spacial score (nSPS) is 9.83. The second kappa shape index (κ2) is 9.43. The van der Waals surface area contributed by atoms with Gasteiger partial charge in [0.2, 0.25) is 0 Å². The van der Waals surface area contributed by atoms with E-state index in [1.807, 2.05) is 36.5 Å². The van der Waals surface area contributed by atoms with Crippen LogP contribution in [0.15, 0.2) is 35.3 Å². The maximum Gasteiger partial charge on any atom is 0.0775 e. The summed E-state index contributed by atoms with van der Waals surface area (Å²) in [5.41, 5.74) is 2.93. The van der Waals surface area contributed by atoms with E-state index < -0.39 is 0 Å². The van der Waals surface area contributed by atoms with Crippen LogP contribution in [0, 0.1) is 18.8 Å². The lowest BCUT2D eigenvalue weighted by atomic mass is 10.1. The number of rotatable bonds is 6. The van der Waals surface area contributed by atoms with Crippen LogP contribution in [-0.2, 0) is 6.42 Å². The summed E-state index contributed by atoms with van der Waals surface area (Å²) in [5.74, 6) is 6.50. The molecule has 0 N–H and O–H groups in total. The number of aryl methyl sites for hydroxylation is 2. The van der Waals surface area contributed by atoms with E-state index in [9.17, 15) is 0 Å². The summed E-state index contributed by atoms with van der Waals surface area (Å²) in [7, 11) is 0. The molecule has 0 unspecified atom stereocenters. The van der Waals surface area contributed by atoms with Gasteiger partial charge in [0.05, 0.1) is 15.7 Å². The van der Waals surface area contributed by atoms with Gasteiger partial charge in [-0.25, -0.2) is 0 Å². The first kappa shape index (κ1) is 17.6. The summed E-state index contributed by atoms with van der Waals surface area (Å²) in [6.45, 7) is 4.25. The number of benzene rings is 1. The third-order valence-corrected chi connectivity index (χ3v) is 4.78. The zero-order valence-electron chi connectivity index (χ0n) is 13.7. The van der Waals surface area contributed by atoms with Crippen molar-refractivity contribution < 1.29 is 0 Å². The maximum absolute atomic E-state index is 4.65. The minimum Gasteiger partial charge on any atom is -0.194 e. The lowest BCUT2D eigenvalue weighted by Gasteiger charge is -1.98. The van der Waals surface area contributed by atoms with Crippen molar-refractivity contribution in [1.29, 1.82) is 0 Å². The van der Waals surface area contributed by atoms with Crippen LogP contribution in [0.25, 0.3) is 0 Å². The largest absolute Gasteiger partial charge is 0.194 e. The fraction of sp³-hybridized carbons (Fsp3) is 0.350. The van der Waals surface area contributed by atoms with E-state index in [0.717, 1.165) is 21.7 Å². The standard InChI is InChI=1S/C20H21NS2/c1-3-4-5-6-7-18-11-12-19(23-18)10-8-17-9-13-20(21-15-22)16(2)14-17/h9,11-14H,3-7H2,1-2H3. The predicted octanol–water partition coefficient (Wildman–Crippen LogP) is 6.31.